The third-order valence-electron chi connectivity index (χ3n) is 2.21. The minimum Gasteiger partial charge on any atom is -0.398 e. The average Bonchev–Trinajstić information content (AvgIpc) is 2.83. The van der Waals surface area contributed by atoms with Crippen LogP contribution in [0.25, 0.3) is 0 Å². The predicted octanol–water partition coefficient (Wildman–Crippen LogP) is 1.86. The van der Waals surface area contributed by atoms with Gasteiger partial charge in [0.05, 0.1) is 33.4 Å². The Morgan fingerprint density at radius 1 is 1.44 bits per heavy atom. The second kappa shape index (κ2) is 5.23. The third-order valence-corrected chi connectivity index (χ3v) is 4.57. The summed E-state index contributed by atoms with van der Waals surface area (Å²) in [5.41, 5.74) is 8.18. The van der Waals surface area contributed by atoms with Gasteiger partial charge in [0.1, 0.15) is 0 Å². The Kier molecular flexibility index (Phi) is 3.86. The van der Waals surface area contributed by atoms with Crippen molar-refractivity contribution in [2.45, 2.75) is 11.4 Å². The van der Waals surface area contributed by atoms with Crippen LogP contribution in [0.2, 0.25) is 5.02 Å². The molecule has 0 saturated carbocycles. The summed E-state index contributed by atoms with van der Waals surface area (Å²) in [5.74, 6) is 0. The molecule has 0 atom stereocenters. The number of rotatable bonds is 4. The summed E-state index contributed by atoms with van der Waals surface area (Å²) in [4.78, 5) is 4.07. The highest BCUT2D eigenvalue weighted by molar-refractivity contribution is 7.89. The fourth-order valence-electron chi connectivity index (χ4n) is 1.25. The maximum atomic E-state index is 12.0. The molecule has 0 saturated heterocycles. The van der Waals surface area contributed by atoms with Crippen LogP contribution >= 0.6 is 22.9 Å². The highest BCUT2D eigenvalue weighted by atomic mass is 35.5. The summed E-state index contributed by atoms with van der Waals surface area (Å²) < 4.78 is 26.4. The molecule has 8 heteroatoms. The van der Waals surface area contributed by atoms with Crippen molar-refractivity contribution >= 4 is 38.6 Å². The van der Waals surface area contributed by atoms with E-state index in [1.54, 1.807) is 10.9 Å². The van der Waals surface area contributed by atoms with Crippen LogP contribution in [0, 0.1) is 0 Å². The lowest BCUT2D eigenvalue weighted by Crippen LogP contribution is -2.23. The molecule has 0 fully saturated rings. The topological polar surface area (TPSA) is 85.1 Å². The minimum atomic E-state index is -3.60. The number of hydrogen-bond acceptors (Lipinski definition) is 5. The molecule has 0 spiro atoms. The molecule has 1 aromatic heterocycles. The summed E-state index contributed by atoms with van der Waals surface area (Å²) >= 11 is 7.20. The molecule has 1 aromatic carbocycles. The predicted molar refractivity (Wildman–Crippen MR) is 72.0 cm³/mol. The van der Waals surface area contributed by atoms with Crippen molar-refractivity contribution in [3.05, 3.63) is 39.8 Å². The van der Waals surface area contributed by atoms with E-state index in [1.165, 1.54) is 29.5 Å². The first-order valence-corrected chi connectivity index (χ1v) is 7.71. The van der Waals surface area contributed by atoms with Crippen molar-refractivity contribution in [3.8, 4) is 0 Å². The molecular formula is C10H10ClN3O2S2. The summed E-state index contributed by atoms with van der Waals surface area (Å²) in [7, 11) is -3.60. The second-order valence-corrected chi connectivity index (χ2v) is 6.38. The van der Waals surface area contributed by atoms with Crippen LogP contribution in [0.3, 0.4) is 0 Å². The van der Waals surface area contributed by atoms with Gasteiger partial charge in [0.2, 0.25) is 10.0 Å². The third kappa shape index (κ3) is 2.99. The Balaban J connectivity index is 2.17. The van der Waals surface area contributed by atoms with Gasteiger partial charge in [0, 0.05) is 5.38 Å². The van der Waals surface area contributed by atoms with Crippen molar-refractivity contribution in [1.82, 2.24) is 9.71 Å². The number of hydrogen-bond donors (Lipinski definition) is 2. The quantitative estimate of drug-likeness (QED) is 0.844. The Labute approximate surface area is 114 Å². The molecule has 18 heavy (non-hydrogen) atoms. The number of thiazole rings is 1. The first-order chi connectivity index (χ1) is 8.49. The molecule has 0 aliphatic carbocycles. The zero-order valence-electron chi connectivity index (χ0n) is 9.13. The molecule has 0 bridgehead atoms. The summed E-state index contributed by atoms with van der Waals surface area (Å²) in [6, 6.07) is 4.19. The van der Waals surface area contributed by atoms with Crippen LogP contribution in [0.5, 0.6) is 0 Å². The molecule has 5 nitrogen and oxygen atoms in total. The van der Waals surface area contributed by atoms with Crippen molar-refractivity contribution in [1.29, 1.82) is 0 Å². The maximum Gasteiger partial charge on any atom is 0.240 e. The number of halogens is 1. The number of benzene rings is 1. The van der Waals surface area contributed by atoms with Crippen LogP contribution in [0.1, 0.15) is 5.69 Å². The van der Waals surface area contributed by atoms with Crippen molar-refractivity contribution in [2.24, 2.45) is 0 Å². The van der Waals surface area contributed by atoms with Crippen LogP contribution in [0.15, 0.2) is 34.0 Å². The summed E-state index contributed by atoms with van der Waals surface area (Å²) in [6.07, 6.45) is 0. The normalized spacial score (nSPS) is 11.6. The minimum absolute atomic E-state index is 0.0805. The Morgan fingerprint density at radius 3 is 2.83 bits per heavy atom. The Bertz CT molecular complexity index is 641. The lowest BCUT2D eigenvalue weighted by atomic mass is 10.3. The van der Waals surface area contributed by atoms with E-state index in [0.717, 1.165) is 0 Å². The van der Waals surface area contributed by atoms with E-state index >= 15 is 0 Å². The van der Waals surface area contributed by atoms with E-state index < -0.39 is 10.0 Å². The van der Waals surface area contributed by atoms with E-state index in [-0.39, 0.29) is 16.5 Å². The van der Waals surface area contributed by atoms with Gasteiger partial charge in [-0.05, 0) is 18.2 Å². The fourth-order valence-corrected chi connectivity index (χ4v) is 3.08. The lowest BCUT2D eigenvalue weighted by Gasteiger charge is -2.06. The number of nitrogen functional groups attached to an aromatic ring is 1. The van der Waals surface area contributed by atoms with Gasteiger partial charge in [-0.15, -0.1) is 11.3 Å². The highest BCUT2D eigenvalue weighted by Gasteiger charge is 2.15. The molecule has 0 aliphatic heterocycles. The monoisotopic (exact) mass is 303 g/mol. The molecule has 0 aliphatic rings. The molecule has 2 rings (SSSR count). The number of anilines is 1. The molecule has 0 amide bonds. The lowest BCUT2D eigenvalue weighted by molar-refractivity contribution is 0.580. The Morgan fingerprint density at radius 2 is 2.22 bits per heavy atom. The van der Waals surface area contributed by atoms with Gasteiger partial charge >= 0.3 is 0 Å². The second-order valence-electron chi connectivity index (χ2n) is 3.49. The molecular weight excluding hydrogens is 294 g/mol. The molecule has 2 aromatic rings. The number of nitrogens with zero attached hydrogens (tertiary/aromatic N) is 1. The molecule has 1 heterocycles. The number of aromatic nitrogens is 1. The van der Waals surface area contributed by atoms with Gasteiger partial charge in [0.15, 0.2) is 0 Å². The van der Waals surface area contributed by atoms with Gasteiger partial charge in [-0.25, -0.2) is 18.1 Å². The standard InChI is InChI=1S/C10H10ClN3O2S2/c11-9-3-8(1-2-10(9)12)18(15,16)14-4-7-5-17-6-13-7/h1-3,5-6,14H,4,12H2. The number of sulfonamides is 1. The van der Waals surface area contributed by atoms with E-state index in [4.69, 9.17) is 17.3 Å². The van der Waals surface area contributed by atoms with Crippen LogP contribution in [0.4, 0.5) is 5.69 Å². The van der Waals surface area contributed by atoms with Crippen LogP contribution in [-0.4, -0.2) is 13.4 Å². The molecule has 0 radical (unpaired) electrons. The van der Waals surface area contributed by atoms with E-state index in [2.05, 4.69) is 9.71 Å². The first kappa shape index (κ1) is 13.3. The largest absolute Gasteiger partial charge is 0.398 e. The van der Waals surface area contributed by atoms with Crippen molar-refractivity contribution < 1.29 is 8.42 Å². The molecule has 0 unspecified atom stereocenters. The average molecular weight is 304 g/mol. The van der Waals surface area contributed by atoms with E-state index in [1.807, 2.05) is 0 Å². The highest BCUT2D eigenvalue weighted by Crippen LogP contribution is 2.22. The summed E-state index contributed by atoms with van der Waals surface area (Å²) in [5, 5.41) is 1.99. The van der Waals surface area contributed by atoms with E-state index in [9.17, 15) is 8.42 Å². The SMILES string of the molecule is Nc1ccc(S(=O)(=O)NCc2cscn2)cc1Cl. The maximum absolute atomic E-state index is 12.0. The Hall–Kier alpha value is -1.15. The molecule has 3 N–H and O–H groups in total. The fraction of sp³-hybridized carbons (Fsp3) is 0.100. The van der Waals surface area contributed by atoms with Gasteiger partial charge in [-0.3, -0.25) is 0 Å². The smallest absolute Gasteiger partial charge is 0.240 e. The molecule has 96 valence electrons. The van der Waals surface area contributed by atoms with Crippen LogP contribution < -0.4 is 10.5 Å². The van der Waals surface area contributed by atoms with Gasteiger partial charge in [0.25, 0.3) is 0 Å². The zero-order chi connectivity index (χ0) is 13.2. The van der Waals surface area contributed by atoms with Crippen molar-refractivity contribution in [2.75, 3.05) is 5.73 Å². The van der Waals surface area contributed by atoms with Gasteiger partial charge < -0.3 is 5.73 Å². The number of nitrogens with two attached hydrogens (primary N) is 1. The van der Waals surface area contributed by atoms with Gasteiger partial charge in [-0.2, -0.15) is 0 Å². The van der Waals surface area contributed by atoms with Crippen molar-refractivity contribution in [3.63, 3.8) is 0 Å². The first-order valence-electron chi connectivity index (χ1n) is 4.91. The summed E-state index contributed by atoms with van der Waals surface area (Å²) in [6.45, 7) is 0.147. The van der Waals surface area contributed by atoms with Gasteiger partial charge in [-0.1, -0.05) is 11.6 Å². The van der Waals surface area contributed by atoms with E-state index in [0.29, 0.717) is 11.4 Å². The number of nitrogens with one attached hydrogen (secondary N) is 1. The van der Waals surface area contributed by atoms with Crippen LogP contribution in [-0.2, 0) is 16.6 Å². The zero-order valence-corrected chi connectivity index (χ0v) is 11.5.